The Bertz CT molecular complexity index is 2290. The van der Waals surface area contributed by atoms with Crippen molar-refractivity contribution in [2.45, 2.75) is 33.7 Å². The van der Waals surface area contributed by atoms with Crippen LogP contribution in [0.25, 0.3) is 22.5 Å². The molecule has 1 unspecified atom stereocenters. The third kappa shape index (κ3) is 5.42. The Morgan fingerprint density at radius 1 is 1.00 bits per heavy atom. The SMILES string of the molecule is CCOC(=O)C1=C(C)N=c2s/c(=C\c3cc(C)n(-c4ccc(C(=O)O)cc4)c3C)c(=O)n2C1c1c(OC)ccc2ccc(OC)cc12. The number of ether oxygens (including phenoxy) is 3. The van der Waals surface area contributed by atoms with Crippen LogP contribution in [0.5, 0.6) is 11.5 Å². The van der Waals surface area contributed by atoms with Crippen LogP contribution in [0.3, 0.4) is 0 Å². The smallest absolute Gasteiger partial charge is 0.338 e. The van der Waals surface area contributed by atoms with E-state index in [0.717, 1.165) is 33.4 Å². The van der Waals surface area contributed by atoms with Gasteiger partial charge in [0.05, 0.1) is 42.2 Å². The van der Waals surface area contributed by atoms with Gasteiger partial charge in [-0.3, -0.25) is 9.36 Å². The fourth-order valence-corrected chi connectivity index (χ4v) is 7.22. The summed E-state index contributed by atoms with van der Waals surface area (Å²) in [5.74, 6) is -0.439. The minimum atomic E-state index is -0.992. The number of fused-ring (bicyclic) bond motifs is 2. The third-order valence-electron chi connectivity index (χ3n) is 8.37. The molecule has 2 aromatic heterocycles. The number of esters is 1. The highest BCUT2D eigenvalue weighted by atomic mass is 32.1. The van der Waals surface area contributed by atoms with Gasteiger partial charge in [0.25, 0.3) is 5.56 Å². The van der Waals surface area contributed by atoms with E-state index in [1.165, 1.54) is 11.3 Å². The van der Waals surface area contributed by atoms with Crippen molar-refractivity contribution in [1.82, 2.24) is 9.13 Å². The zero-order chi connectivity index (χ0) is 33.6. The van der Waals surface area contributed by atoms with Crippen molar-refractivity contribution in [3.05, 3.63) is 120 Å². The van der Waals surface area contributed by atoms with Crippen LogP contribution in [-0.4, -0.2) is 47.0 Å². The lowest BCUT2D eigenvalue weighted by atomic mass is 9.90. The second kappa shape index (κ2) is 12.4. The predicted octanol–water partition coefficient (Wildman–Crippen LogP) is 5.07. The standard InChI is InChI=1S/C36H33N3O7S/c1-7-46-35(43)30-20(3)37-36-39(32(30)31-27-18-26(44-5)14-10-22(27)11-15-28(31)45-6)33(40)29(47-36)17-24-16-19(2)38(21(24)4)25-12-8-23(9-13-25)34(41)42/h8-18,32H,7H2,1-6H3,(H,41,42)/b29-17-. The largest absolute Gasteiger partial charge is 0.497 e. The second-order valence-corrected chi connectivity index (χ2v) is 12.1. The molecule has 0 saturated carbocycles. The molecule has 240 valence electrons. The number of aromatic nitrogens is 2. The molecule has 0 bridgehead atoms. The number of carboxylic acids is 1. The van der Waals surface area contributed by atoms with E-state index in [0.29, 0.717) is 32.1 Å². The first-order chi connectivity index (χ1) is 22.6. The number of hydrogen-bond donors (Lipinski definition) is 1. The van der Waals surface area contributed by atoms with Gasteiger partial charge in [-0.1, -0.05) is 23.5 Å². The summed E-state index contributed by atoms with van der Waals surface area (Å²) < 4.78 is 20.9. The fraction of sp³-hybridized carbons (Fsp3) is 0.222. The highest BCUT2D eigenvalue weighted by molar-refractivity contribution is 7.07. The monoisotopic (exact) mass is 651 g/mol. The third-order valence-corrected chi connectivity index (χ3v) is 9.35. The van der Waals surface area contributed by atoms with E-state index in [9.17, 15) is 19.5 Å². The molecule has 3 heterocycles. The van der Waals surface area contributed by atoms with Crippen molar-refractivity contribution in [2.24, 2.45) is 4.99 Å². The molecule has 0 spiro atoms. The van der Waals surface area contributed by atoms with Crippen molar-refractivity contribution < 1.29 is 28.9 Å². The number of aryl methyl sites for hydroxylation is 1. The van der Waals surface area contributed by atoms with Crippen LogP contribution >= 0.6 is 11.3 Å². The Balaban J connectivity index is 1.59. The van der Waals surface area contributed by atoms with Gasteiger partial charge in [0.2, 0.25) is 0 Å². The fourth-order valence-electron chi connectivity index (χ4n) is 6.18. The van der Waals surface area contributed by atoms with Gasteiger partial charge in [0.15, 0.2) is 4.80 Å². The molecular weight excluding hydrogens is 618 g/mol. The van der Waals surface area contributed by atoms with E-state index in [1.807, 2.05) is 60.9 Å². The molecule has 1 atom stereocenters. The van der Waals surface area contributed by atoms with Crippen LogP contribution in [0.2, 0.25) is 0 Å². The van der Waals surface area contributed by atoms with Crippen LogP contribution < -0.4 is 24.4 Å². The number of carbonyl (C=O) groups is 2. The molecule has 6 rings (SSSR count). The molecule has 11 heteroatoms. The molecule has 3 aromatic carbocycles. The van der Waals surface area contributed by atoms with Gasteiger partial charge in [-0.05, 0) is 98.6 Å². The van der Waals surface area contributed by atoms with Crippen molar-refractivity contribution in [3.63, 3.8) is 0 Å². The first kappa shape index (κ1) is 31.6. The van der Waals surface area contributed by atoms with Crippen molar-refractivity contribution >= 4 is 40.1 Å². The summed E-state index contributed by atoms with van der Waals surface area (Å²) in [7, 11) is 3.14. The summed E-state index contributed by atoms with van der Waals surface area (Å²) in [6, 6.07) is 17.1. The summed E-state index contributed by atoms with van der Waals surface area (Å²) in [6.07, 6.45) is 1.83. The van der Waals surface area contributed by atoms with Gasteiger partial charge in [-0.2, -0.15) is 0 Å². The maximum absolute atomic E-state index is 14.4. The van der Waals surface area contributed by atoms with Gasteiger partial charge in [-0.25, -0.2) is 14.6 Å². The van der Waals surface area contributed by atoms with Crippen LogP contribution in [0.4, 0.5) is 0 Å². The number of methoxy groups -OCH3 is 2. The average molecular weight is 652 g/mol. The number of rotatable bonds is 8. The molecule has 0 aliphatic carbocycles. The number of aromatic carboxylic acids is 1. The lowest BCUT2D eigenvalue weighted by Crippen LogP contribution is -2.40. The molecule has 10 nitrogen and oxygen atoms in total. The summed E-state index contributed by atoms with van der Waals surface area (Å²) in [4.78, 5) is 44.6. The Morgan fingerprint density at radius 3 is 2.38 bits per heavy atom. The van der Waals surface area contributed by atoms with Crippen LogP contribution in [0.15, 0.2) is 81.7 Å². The highest BCUT2D eigenvalue weighted by Gasteiger charge is 2.36. The van der Waals surface area contributed by atoms with Gasteiger partial charge < -0.3 is 23.9 Å². The van der Waals surface area contributed by atoms with Gasteiger partial charge in [0.1, 0.15) is 17.5 Å². The molecule has 47 heavy (non-hydrogen) atoms. The van der Waals surface area contributed by atoms with E-state index in [-0.39, 0.29) is 23.3 Å². The highest BCUT2D eigenvalue weighted by Crippen LogP contribution is 2.41. The molecule has 0 saturated heterocycles. The van der Waals surface area contributed by atoms with Crippen LogP contribution in [-0.2, 0) is 9.53 Å². The number of thiazole rings is 1. The van der Waals surface area contributed by atoms with Gasteiger partial charge in [0, 0.05) is 22.6 Å². The number of allylic oxidation sites excluding steroid dienone is 1. The van der Waals surface area contributed by atoms with Crippen LogP contribution in [0, 0.1) is 13.8 Å². The maximum Gasteiger partial charge on any atom is 0.338 e. The van der Waals surface area contributed by atoms with E-state index < -0.39 is 18.0 Å². The van der Waals surface area contributed by atoms with Gasteiger partial charge >= 0.3 is 11.9 Å². The van der Waals surface area contributed by atoms with E-state index in [1.54, 1.807) is 56.9 Å². The number of nitrogens with zero attached hydrogens (tertiary/aromatic N) is 3. The summed E-state index contributed by atoms with van der Waals surface area (Å²) >= 11 is 1.24. The molecule has 0 fully saturated rings. The maximum atomic E-state index is 14.4. The van der Waals surface area contributed by atoms with E-state index in [4.69, 9.17) is 19.2 Å². The Labute approximate surface area is 274 Å². The van der Waals surface area contributed by atoms with E-state index in [2.05, 4.69) is 0 Å². The second-order valence-electron chi connectivity index (χ2n) is 11.1. The average Bonchev–Trinajstić information content (AvgIpc) is 3.52. The van der Waals surface area contributed by atoms with Crippen LogP contribution in [0.1, 0.15) is 52.8 Å². The quantitative estimate of drug-likeness (QED) is 0.233. The molecule has 1 aliphatic heterocycles. The molecule has 1 N–H and O–H groups in total. The number of carboxylic acid groups (broad SMARTS) is 1. The molecule has 0 amide bonds. The normalized spacial score (nSPS) is 14.6. The topological polar surface area (TPSA) is 121 Å². The summed E-state index contributed by atoms with van der Waals surface area (Å²) in [6.45, 7) is 7.53. The van der Waals surface area contributed by atoms with Gasteiger partial charge in [-0.15, -0.1) is 0 Å². The van der Waals surface area contributed by atoms with Crippen molar-refractivity contribution in [1.29, 1.82) is 0 Å². The predicted molar refractivity (Wildman–Crippen MR) is 180 cm³/mol. The lowest BCUT2D eigenvalue weighted by molar-refractivity contribution is -0.139. The van der Waals surface area contributed by atoms with Crippen molar-refractivity contribution in [2.75, 3.05) is 20.8 Å². The van der Waals surface area contributed by atoms with E-state index >= 15 is 0 Å². The minimum absolute atomic E-state index is 0.155. The Hall–Kier alpha value is -5.42. The molecular formula is C36H33N3O7S. The summed E-state index contributed by atoms with van der Waals surface area (Å²) in [5, 5.41) is 11.0. The first-order valence-electron chi connectivity index (χ1n) is 14.9. The lowest BCUT2D eigenvalue weighted by Gasteiger charge is -2.27. The first-order valence-corrected chi connectivity index (χ1v) is 15.8. The molecule has 1 aliphatic rings. The number of benzene rings is 3. The van der Waals surface area contributed by atoms with Crippen molar-refractivity contribution in [3.8, 4) is 17.2 Å². The summed E-state index contributed by atoms with van der Waals surface area (Å²) in [5.41, 5.74) is 4.62. The minimum Gasteiger partial charge on any atom is -0.497 e. The molecule has 5 aromatic rings. The number of hydrogen-bond acceptors (Lipinski definition) is 8. The number of carbonyl (C=O) groups excluding carboxylic acids is 1. The Kier molecular flexibility index (Phi) is 8.33. The zero-order valence-corrected chi connectivity index (χ0v) is 27.6. The molecule has 0 radical (unpaired) electrons. The Morgan fingerprint density at radius 2 is 1.72 bits per heavy atom. The zero-order valence-electron chi connectivity index (χ0n) is 26.8.